The van der Waals surface area contributed by atoms with Crippen LogP contribution in [-0.2, 0) is 56.0 Å². The predicted molar refractivity (Wildman–Crippen MR) is 255 cm³/mol. The monoisotopic (exact) mass is 1220 g/mol. The SMILES string of the molecule is FC(F)(F)c1cc([B-](c2cc(C(F)(F)F)cc(C(F)(F)F)c2)(c2cc(C(F)(F)F)cc(C(F)(F)F)c2)c2cc(C(F)(F)F)cc(C(F)(F)F)c2)cc(C(F)(F)F)c1.O=C(C[n+]1ccccc1C(=O)c1cccc2ccccc12)c1ccccc1. The number of halogens is 24. The molecule has 8 aromatic rings. The second-order valence-electron chi connectivity index (χ2n) is 18.6. The van der Waals surface area contributed by atoms with Gasteiger partial charge in [-0.05, 0) is 41.1 Å². The number of aromatic nitrogens is 1. The van der Waals surface area contributed by atoms with Gasteiger partial charge in [0, 0.05) is 23.3 Å². The van der Waals surface area contributed by atoms with Crippen molar-refractivity contribution in [2.24, 2.45) is 0 Å². The Morgan fingerprint density at radius 1 is 0.333 bits per heavy atom. The third kappa shape index (κ3) is 13.8. The molecule has 0 atom stereocenters. The van der Waals surface area contributed by atoms with Gasteiger partial charge >= 0.3 is 49.4 Å². The Labute approximate surface area is 456 Å². The van der Waals surface area contributed by atoms with E-state index in [-0.39, 0.29) is 18.1 Å². The molecule has 0 saturated heterocycles. The third-order valence-electron chi connectivity index (χ3n) is 13.1. The first kappa shape index (κ1) is 63.3. The number of carbonyl (C=O) groups is 2. The molecule has 28 heteroatoms. The Bertz CT molecular complexity index is 3310. The molecule has 442 valence electrons. The summed E-state index contributed by atoms with van der Waals surface area (Å²) in [4.78, 5) is 25.9. The van der Waals surface area contributed by atoms with Gasteiger partial charge in [-0.25, -0.2) is 0 Å². The summed E-state index contributed by atoms with van der Waals surface area (Å²) in [6.07, 6.45) is -53.0. The van der Waals surface area contributed by atoms with Gasteiger partial charge in [0.1, 0.15) is 6.15 Å². The largest absolute Gasteiger partial charge is 0.416 e. The fourth-order valence-electron chi connectivity index (χ4n) is 9.32. The van der Waals surface area contributed by atoms with Crippen LogP contribution in [-0.4, -0.2) is 17.7 Å². The molecule has 0 saturated carbocycles. The highest BCUT2D eigenvalue weighted by Gasteiger charge is 2.47. The molecule has 0 aliphatic heterocycles. The molecule has 0 fully saturated rings. The van der Waals surface area contributed by atoms with Gasteiger partial charge in [0.25, 0.3) is 11.5 Å². The van der Waals surface area contributed by atoms with Gasteiger partial charge in [-0.2, -0.15) is 132 Å². The minimum atomic E-state index is -6.13. The second-order valence-corrected chi connectivity index (χ2v) is 18.6. The number of carbonyl (C=O) groups excluding carboxylic acids is 2. The number of Topliss-reactive ketones (excluding diaryl/α,β-unsaturated/α-hetero) is 1. The summed E-state index contributed by atoms with van der Waals surface area (Å²) in [5.41, 5.74) is -28.4. The summed E-state index contributed by atoms with van der Waals surface area (Å²) in [5, 5.41) is 1.93. The van der Waals surface area contributed by atoms with Gasteiger partial charge in [-0.15, -0.1) is 0 Å². The molecule has 8 rings (SSSR count). The highest BCUT2D eigenvalue weighted by Crippen LogP contribution is 2.41. The molecule has 3 nitrogen and oxygen atoms in total. The number of benzene rings is 7. The molecule has 1 aromatic heterocycles. The molecular formula is C56H30BF24NO2. The van der Waals surface area contributed by atoms with E-state index in [4.69, 9.17) is 0 Å². The van der Waals surface area contributed by atoms with E-state index in [0.29, 0.717) is 16.8 Å². The Morgan fingerprint density at radius 2 is 0.631 bits per heavy atom. The molecule has 0 radical (unpaired) electrons. The van der Waals surface area contributed by atoms with Crippen LogP contribution < -0.4 is 26.4 Å². The van der Waals surface area contributed by atoms with Crippen molar-refractivity contribution in [3.8, 4) is 0 Å². The number of nitrogens with zero attached hydrogens (tertiary/aromatic N) is 1. The van der Waals surface area contributed by atoms with Gasteiger partial charge in [-0.1, -0.05) is 121 Å². The quantitative estimate of drug-likeness (QED) is 0.0625. The molecular weight excluding hydrogens is 1190 g/mol. The minimum Gasteiger partial charge on any atom is -0.287 e. The first-order valence-electron chi connectivity index (χ1n) is 23.4. The predicted octanol–water partition coefficient (Wildman–Crippen LogP) is 15.5. The fourth-order valence-corrected chi connectivity index (χ4v) is 9.32. The lowest BCUT2D eigenvalue weighted by atomic mass is 9.12. The van der Waals surface area contributed by atoms with E-state index >= 15 is 0 Å². The zero-order valence-electron chi connectivity index (χ0n) is 41.3. The standard InChI is InChI=1S/C32H12BF24.C24H18NO2/c34-25(35,36)13-1-14(26(37,38)39)6-21(5-13)33(22-7-15(27(40,41)42)2-16(8-22)28(43,44)45,23-9-17(29(46,47)48)3-18(10-23)30(49,50)51)24-11-19(31(52,53)54)4-20(12-24)32(55,56)57;26-23(19-10-2-1-3-11-19)17-25-16-7-6-15-22(25)24(27)21-14-8-12-18-9-4-5-13-20(18)21/h1-12H;1-16H,17H2/q-1;+1. The van der Waals surface area contributed by atoms with E-state index in [1.54, 1.807) is 29.0 Å². The van der Waals surface area contributed by atoms with Gasteiger partial charge in [0.05, 0.1) is 44.5 Å². The van der Waals surface area contributed by atoms with Crippen molar-refractivity contribution in [2.45, 2.75) is 56.0 Å². The van der Waals surface area contributed by atoms with Gasteiger partial charge in [-0.3, -0.25) is 9.59 Å². The Hall–Kier alpha value is -8.33. The number of rotatable bonds is 9. The van der Waals surface area contributed by atoms with Crippen LogP contribution in [0.4, 0.5) is 105 Å². The summed E-state index contributed by atoms with van der Waals surface area (Å²) in [5.74, 6) is -0.118. The summed E-state index contributed by atoms with van der Waals surface area (Å²) in [6.45, 7) is 0.122. The molecule has 7 aromatic carbocycles. The van der Waals surface area contributed by atoms with Crippen molar-refractivity contribution < 1.29 is 120 Å². The van der Waals surface area contributed by atoms with Crippen LogP contribution >= 0.6 is 0 Å². The van der Waals surface area contributed by atoms with E-state index in [1.165, 1.54) is 0 Å². The summed E-state index contributed by atoms with van der Waals surface area (Å²) in [6, 6.07) is 19.3. The normalized spacial score (nSPS) is 13.1. The Kier molecular flexibility index (Phi) is 16.8. The number of pyridine rings is 1. The highest BCUT2D eigenvalue weighted by atomic mass is 19.4. The van der Waals surface area contributed by atoms with Gasteiger partial charge in [0.15, 0.2) is 6.20 Å². The zero-order valence-corrected chi connectivity index (χ0v) is 41.3. The van der Waals surface area contributed by atoms with E-state index < -0.39 is 195 Å². The second kappa shape index (κ2) is 22.3. The number of hydrogen-bond acceptors (Lipinski definition) is 2. The van der Waals surface area contributed by atoms with E-state index in [9.17, 15) is 115 Å². The number of alkyl halides is 24. The molecule has 0 bridgehead atoms. The average molecular weight is 1220 g/mol. The molecule has 0 unspecified atom stereocenters. The van der Waals surface area contributed by atoms with Crippen molar-refractivity contribution in [1.82, 2.24) is 0 Å². The lowest BCUT2D eigenvalue weighted by Crippen LogP contribution is -2.75. The van der Waals surface area contributed by atoms with Crippen LogP contribution in [0.2, 0.25) is 0 Å². The topological polar surface area (TPSA) is 38.0 Å². The maximum atomic E-state index is 14.2. The lowest BCUT2D eigenvalue weighted by molar-refractivity contribution is -0.684. The van der Waals surface area contributed by atoms with Crippen molar-refractivity contribution in [3.63, 3.8) is 0 Å². The van der Waals surface area contributed by atoms with Crippen LogP contribution in [0.3, 0.4) is 0 Å². The van der Waals surface area contributed by atoms with Crippen molar-refractivity contribution in [1.29, 1.82) is 0 Å². The van der Waals surface area contributed by atoms with E-state index in [1.807, 2.05) is 72.8 Å². The number of hydrogen-bond donors (Lipinski definition) is 0. The van der Waals surface area contributed by atoms with Crippen molar-refractivity contribution >= 4 is 50.3 Å². The van der Waals surface area contributed by atoms with Crippen molar-refractivity contribution in [2.75, 3.05) is 0 Å². The smallest absolute Gasteiger partial charge is 0.287 e. The lowest BCUT2D eigenvalue weighted by Gasteiger charge is -2.46. The van der Waals surface area contributed by atoms with Crippen LogP contribution in [0, 0.1) is 0 Å². The molecule has 0 aliphatic rings. The van der Waals surface area contributed by atoms with Crippen molar-refractivity contribution in [3.05, 3.63) is 231 Å². The first-order valence-corrected chi connectivity index (χ1v) is 23.4. The minimum absolute atomic E-state index is 0.0289. The molecule has 0 amide bonds. The van der Waals surface area contributed by atoms with Crippen LogP contribution in [0.15, 0.2) is 170 Å². The maximum absolute atomic E-state index is 14.2. The zero-order chi connectivity index (χ0) is 62.6. The average Bonchev–Trinajstić information content (AvgIpc) is 1.13. The molecule has 1 heterocycles. The molecule has 0 spiro atoms. The Morgan fingerprint density at radius 3 is 0.964 bits per heavy atom. The number of ketones is 2. The van der Waals surface area contributed by atoms with Crippen LogP contribution in [0.1, 0.15) is 70.9 Å². The summed E-state index contributed by atoms with van der Waals surface area (Å²) >= 11 is 0. The van der Waals surface area contributed by atoms with E-state index in [2.05, 4.69) is 0 Å². The Balaban J connectivity index is 0.000000309. The van der Waals surface area contributed by atoms with Crippen LogP contribution in [0.25, 0.3) is 10.8 Å². The first-order chi connectivity index (χ1) is 38.5. The van der Waals surface area contributed by atoms with E-state index in [0.717, 1.165) is 10.8 Å². The highest BCUT2D eigenvalue weighted by molar-refractivity contribution is 7.20. The third-order valence-corrected chi connectivity index (χ3v) is 13.1. The van der Waals surface area contributed by atoms with Crippen LogP contribution in [0.5, 0.6) is 0 Å². The molecule has 0 aliphatic carbocycles. The van der Waals surface area contributed by atoms with Gasteiger partial charge < -0.3 is 0 Å². The summed E-state index contributed by atoms with van der Waals surface area (Å²) < 4.78 is 343. The summed E-state index contributed by atoms with van der Waals surface area (Å²) in [7, 11) is 0. The molecule has 84 heavy (non-hydrogen) atoms. The molecule has 0 N–H and O–H groups in total. The fraction of sp³-hybridized carbons (Fsp3) is 0.161. The maximum Gasteiger partial charge on any atom is 0.416 e. The number of fused-ring (bicyclic) bond motifs is 1. The van der Waals surface area contributed by atoms with Gasteiger partial charge in [0.2, 0.25) is 12.3 Å².